The molecule has 0 amide bonds. The number of unbranched alkanes of at least 4 members (excludes halogenated alkanes) is 4. The van der Waals surface area contributed by atoms with Crippen molar-refractivity contribution in [1.29, 1.82) is 0 Å². The lowest BCUT2D eigenvalue weighted by molar-refractivity contribution is 0.475. The summed E-state index contributed by atoms with van der Waals surface area (Å²) in [4.78, 5) is 8.62. The van der Waals surface area contributed by atoms with Crippen LogP contribution in [0.15, 0.2) is 53.3 Å². The predicted octanol–water partition coefficient (Wildman–Crippen LogP) is 3.71. The number of nitrogens with one attached hydrogen (secondary N) is 1. The van der Waals surface area contributed by atoms with Crippen molar-refractivity contribution >= 4 is 12.0 Å². The maximum atomic E-state index is 5.68. The van der Waals surface area contributed by atoms with Crippen molar-refractivity contribution in [3.05, 3.63) is 48.3 Å². The third kappa shape index (κ3) is 10.1. The molecule has 26 heavy (non-hydrogen) atoms. The molecular weight excluding hydrogens is 322 g/mol. The number of allylic oxidation sites excluding steroid dienone is 3. The highest BCUT2D eigenvalue weighted by molar-refractivity contribution is 5.75. The molecule has 1 aromatic heterocycles. The number of hydrogen-bond acceptors (Lipinski definition) is 5. The molecule has 0 saturated carbocycles. The number of aromatic nitrogens is 1. The molecule has 0 aliphatic rings. The van der Waals surface area contributed by atoms with Crippen LogP contribution in [0.5, 0.6) is 0 Å². The van der Waals surface area contributed by atoms with Crippen LogP contribution in [0.1, 0.15) is 44.9 Å². The number of hydrogen-bond donors (Lipinski definition) is 3. The first-order valence-electron chi connectivity index (χ1n) is 9.70. The summed E-state index contributed by atoms with van der Waals surface area (Å²) in [5, 5.41) is 3.26. The molecule has 1 rings (SSSR count). The minimum absolute atomic E-state index is 0.479. The Morgan fingerprint density at radius 2 is 2.00 bits per heavy atom. The summed E-state index contributed by atoms with van der Waals surface area (Å²) in [7, 11) is 1.99. The molecule has 144 valence electrons. The molecule has 1 heterocycles. The van der Waals surface area contributed by atoms with Gasteiger partial charge >= 0.3 is 0 Å². The first kappa shape index (κ1) is 22.1. The third-order valence-electron chi connectivity index (χ3n) is 4.38. The highest BCUT2D eigenvalue weighted by Crippen LogP contribution is 2.23. The van der Waals surface area contributed by atoms with Gasteiger partial charge in [0.15, 0.2) is 5.82 Å². The van der Waals surface area contributed by atoms with Gasteiger partial charge < -0.3 is 16.8 Å². The van der Waals surface area contributed by atoms with Crippen molar-refractivity contribution in [1.82, 2.24) is 10.3 Å². The maximum absolute atomic E-state index is 5.68. The van der Waals surface area contributed by atoms with Crippen molar-refractivity contribution < 1.29 is 0 Å². The maximum Gasteiger partial charge on any atom is 0.151 e. The van der Waals surface area contributed by atoms with Crippen molar-refractivity contribution in [3.63, 3.8) is 0 Å². The topological polar surface area (TPSA) is 89.3 Å². The van der Waals surface area contributed by atoms with Gasteiger partial charge in [-0.3, -0.25) is 0 Å². The SMILES string of the molecule is CNCCC(CCCCCCCN)C(=C/C=Nc1ccccn1)/C=C/N. The zero-order valence-corrected chi connectivity index (χ0v) is 16.1. The van der Waals surface area contributed by atoms with Gasteiger partial charge in [-0.25, -0.2) is 9.98 Å². The summed E-state index contributed by atoms with van der Waals surface area (Å²) in [5.74, 6) is 1.19. The lowest BCUT2D eigenvalue weighted by atomic mass is 9.89. The molecule has 5 nitrogen and oxygen atoms in total. The zero-order chi connectivity index (χ0) is 18.9. The fraction of sp³-hybridized carbons (Fsp3) is 0.524. The van der Waals surface area contributed by atoms with Crippen LogP contribution in [0.2, 0.25) is 0 Å². The zero-order valence-electron chi connectivity index (χ0n) is 16.1. The predicted molar refractivity (Wildman–Crippen MR) is 113 cm³/mol. The number of nitrogens with zero attached hydrogens (tertiary/aromatic N) is 2. The summed E-state index contributed by atoms with van der Waals surface area (Å²) < 4.78 is 0. The number of nitrogens with two attached hydrogens (primary N) is 2. The lowest BCUT2D eigenvalue weighted by Crippen LogP contribution is -2.15. The van der Waals surface area contributed by atoms with Gasteiger partial charge in [-0.2, -0.15) is 0 Å². The Kier molecular flexibility index (Phi) is 13.0. The summed E-state index contributed by atoms with van der Waals surface area (Å²) in [5.41, 5.74) is 12.5. The molecule has 0 radical (unpaired) electrons. The van der Waals surface area contributed by atoms with Crippen LogP contribution < -0.4 is 16.8 Å². The summed E-state index contributed by atoms with van der Waals surface area (Å²) in [6, 6.07) is 5.71. The Hall–Kier alpha value is -1.98. The van der Waals surface area contributed by atoms with Gasteiger partial charge in [0.25, 0.3) is 0 Å². The average Bonchev–Trinajstić information content (AvgIpc) is 2.67. The fourth-order valence-electron chi connectivity index (χ4n) is 2.93. The smallest absolute Gasteiger partial charge is 0.151 e. The van der Waals surface area contributed by atoms with Crippen LogP contribution in [-0.4, -0.2) is 31.3 Å². The van der Waals surface area contributed by atoms with Crippen LogP contribution >= 0.6 is 0 Å². The Balaban J connectivity index is 2.67. The molecule has 0 saturated heterocycles. The Morgan fingerprint density at radius 3 is 2.69 bits per heavy atom. The van der Waals surface area contributed by atoms with Gasteiger partial charge in [-0.1, -0.05) is 31.7 Å². The number of aliphatic imine (C=N–C) groups is 1. The van der Waals surface area contributed by atoms with E-state index in [1.165, 1.54) is 31.3 Å². The van der Waals surface area contributed by atoms with Crippen LogP contribution in [-0.2, 0) is 0 Å². The van der Waals surface area contributed by atoms with Crippen molar-refractivity contribution in [2.24, 2.45) is 22.4 Å². The molecule has 0 aliphatic heterocycles. The molecule has 1 atom stereocenters. The normalized spacial score (nSPS) is 13.7. The van der Waals surface area contributed by atoms with E-state index in [1.807, 2.05) is 37.5 Å². The van der Waals surface area contributed by atoms with Gasteiger partial charge in [-0.15, -0.1) is 0 Å². The van der Waals surface area contributed by atoms with Crippen molar-refractivity contribution in [2.45, 2.75) is 44.9 Å². The quantitative estimate of drug-likeness (QED) is 0.269. The van der Waals surface area contributed by atoms with E-state index in [-0.39, 0.29) is 0 Å². The van der Waals surface area contributed by atoms with E-state index >= 15 is 0 Å². The van der Waals surface area contributed by atoms with Gasteiger partial charge in [0, 0.05) is 12.4 Å². The van der Waals surface area contributed by atoms with E-state index < -0.39 is 0 Å². The minimum Gasteiger partial charge on any atom is -0.405 e. The van der Waals surface area contributed by atoms with E-state index in [2.05, 4.69) is 21.4 Å². The molecule has 5 heteroatoms. The monoisotopic (exact) mass is 357 g/mol. The third-order valence-corrected chi connectivity index (χ3v) is 4.38. The molecule has 0 aromatic carbocycles. The van der Waals surface area contributed by atoms with Gasteiger partial charge in [-0.05, 0) is 81.4 Å². The second-order valence-corrected chi connectivity index (χ2v) is 6.43. The molecule has 0 aliphatic carbocycles. The van der Waals surface area contributed by atoms with E-state index in [0.29, 0.717) is 11.7 Å². The Morgan fingerprint density at radius 1 is 1.19 bits per heavy atom. The summed E-state index contributed by atoms with van der Waals surface area (Å²) in [6.07, 6.45) is 17.6. The lowest BCUT2D eigenvalue weighted by Gasteiger charge is -2.18. The van der Waals surface area contributed by atoms with E-state index in [1.54, 1.807) is 12.4 Å². The van der Waals surface area contributed by atoms with Gasteiger partial charge in [0.1, 0.15) is 0 Å². The van der Waals surface area contributed by atoms with Gasteiger partial charge in [0.05, 0.1) is 0 Å². The summed E-state index contributed by atoms with van der Waals surface area (Å²) >= 11 is 0. The van der Waals surface area contributed by atoms with Crippen LogP contribution in [0.25, 0.3) is 0 Å². The summed E-state index contributed by atoms with van der Waals surface area (Å²) in [6.45, 7) is 1.79. The molecule has 5 N–H and O–H groups in total. The van der Waals surface area contributed by atoms with E-state index in [9.17, 15) is 0 Å². The van der Waals surface area contributed by atoms with Crippen molar-refractivity contribution in [3.8, 4) is 0 Å². The molecule has 1 unspecified atom stereocenters. The Labute approximate surface area is 158 Å². The highest BCUT2D eigenvalue weighted by Gasteiger charge is 2.11. The largest absolute Gasteiger partial charge is 0.405 e. The number of rotatable bonds is 14. The molecule has 0 bridgehead atoms. The first-order valence-corrected chi connectivity index (χ1v) is 9.70. The fourth-order valence-corrected chi connectivity index (χ4v) is 2.93. The van der Waals surface area contributed by atoms with Gasteiger partial charge in [0.2, 0.25) is 0 Å². The van der Waals surface area contributed by atoms with E-state index in [0.717, 1.165) is 32.4 Å². The Bertz CT molecular complexity index is 537. The molecule has 1 aromatic rings. The van der Waals surface area contributed by atoms with Crippen LogP contribution in [0.4, 0.5) is 5.82 Å². The van der Waals surface area contributed by atoms with Crippen LogP contribution in [0.3, 0.4) is 0 Å². The second kappa shape index (κ2) is 15.3. The highest BCUT2D eigenvalue weighted by atomic mass is 14.9. The van der Waals surface area contributed by atoms with Crippen molar-refractivity contribution in [2.75, 3.05) is 20.1 Å². The van der Waals surface area contributed by atoms with Crippen LogP contribution in [0, 0.1) is 5.92 Å². The standard InChI is InChI=1S/C21H35N5/c1-24-17-12-19(9-5-3-2-4-7-14-22)20(11-15-23)13-18-26-21-10-6-8-16-25-21/h6,8,10-11,13,15-16,18-19,24H,2-5,7,9,12,14,17,22-23H2,1H3/b15-11+,20-13+,26-18?. The second-order valence-electron chi connectivity index (χ2n) is 6.43. The molecule has 0 spiro atoms. The minimum atomic E-state index is 0.479. The number of pyridine rings is 1. The average molecular weight is 358 g/mol. The van der Waals surface area contributed by atoms with E-state index in [4.69, 9.17) is 11.5 Å². The molecular formula is C21H35N5. The first-order chi connectivity index (χ1) is 12.8. The molecule has 0 fully saturated rings.